The summed E-state index contributed by atoms with van der Waals surface area (Å²) in [7, 11) is 3.33. The summed E-state index contributed by atoms with van der Waals surface area (Å²) in [4.78, 5) is 37.0. The Labute approximate surface area is 367 Å². The molecule has 0 unspecified atom stereocenters. The predicted octanol–water partition coefficient (Wildman–Crippen LogP) is 8.01. The lowest BCUT2D eigenvalue weighted by Crippen LogP contribution is -2.41. The minimum Gasteiger partial charge on any atom is -0.376 e. The van der Waals surface area contributed by atoms with E-state index in [9.17, 15) is 4.79 Å². The maximum Gasteiger partial charge on any atom is 0.438 e. The van der Waals surface area contributed by atoms with E-state index >= 15 is 13.6 Å². The molecule has 4 aromatic heterocycles. The number of guanidine groups is 1. The molecule has 2 aliphatic heterocycles. The van der Waals surface area contributed by atoms with Gasteiger partial charge in [-0.2, -0.15) is 10.2 Å². The number of aromatic nitrogens is 7. The average Bonchev–Trinajstić information content (AvgIpc) is 3.75. The van der Waals surface area contributed by atoms with E-state index < -0.39 is 23.2 Å². The van der Waals surface area contributed by atoms with Crippen molar-refractivity contribution in [1.29, 1.82) is 0 Å². The number of nitrogens with one attached hydrogen (secondary N) is 3. The molecule has 0 spiro atoms. The first kappa shape index (κ1) is 41.4. The maximum absolute atomic E-state index is 15.9. The number of benzene rings is 3. The van der Waals surface area contributed by atoms with Crippen molar-refractivity contribution >= 4 is 45.2 Å². The van der Waals surface area contributed by atoms with Crippen LogP contribution in [0.5, 0.6) is 0 Å². The van der Waals surface area contributed by atoms with Gasteiger partial charge in [-0.15, -0.1) is 0 Å². The molecule has 64 heavy (non-hydrogen) atoms. The maximum atomic E-state index is 15.9. The molecule has 6 heterocycles. The zero-order chi connectivity index (χ0) is 45.0. The largest absolute Gasteiger partial charge is 0.438 e. The first-order chi connectivity index (χ1) is 30.6. The predicted molar refractivity (Wildman–Crippen MR) is 239 cm³/mol. The summed E-state index contributed by atoms with van der Waals surface area (Å²) in [6.45, 7) is 12.7. The molecular formula is C47H51F2N11O4. The van der Waals surface area contributed by atoms with Crippen LogP contribution in [-0.4, -0.2) is 76.8 Å². The number of rotatable bonds is 7. The van der Waals surface area contributed by atoms with Crippen LogP contribution in [0.25, 0.3) is 27.5 Å². The second kappa shape index (κ2) is 15.0. The topological polar surface area (TPSA) is 165 Å². The standard InChI is InChI=1S/C47H51F2N11O4/c1-24-17-31(18-25(2)39(24)48)60-41(53-44(50-7)52-34-10-12-36-32(40(34)49)23-51-57(36)8)38-27(4)58(15-13-33(38)55-60)42(61)37-20-30-19-28(29-14-16-63-46(5,6)22-29)9-11-35(30)59(37)47(21-26(47)3)43-54-45(62)64-56-43/h9-12,17-20,23,26-27,29H,13-16,21-22H2,1-8H3,(H2,50,52,53)(H,54,56,62)/t26-,27-,29-,47-/m0/s1. The molecule has 332 valence electrons. The number of hydrogen-bond donors (Lipinski definition) is 3. The molecule has 10 rings (SSSR count). The van der Waals surface area contributed by atoms with Crippen molar-refractivity contribution in [3.63, 3.8) is 0 Å². The number of anilines is 2. The number of aromatic amines is 1. The van der Waals surface area contributed by atoms with Crippen molar-refractivity contribution in [1.82, 2.24) is 39.2 Å². The number of amides is 1. The fourth-order valence-corrected chi connectivity index (χ4v) is 10.3. The van der Waals surface area contributed by atoms with E-state index in [1.165, 1.54) is 11.8 Å². The van der Waals surface area contributed by atoms with Crippen molar-refractivity contribution in [3.05, 3.63) is 116 Å². The summed E-state index contributed by atoms with van der Waals surface area (Å²) >= 11 is 0. The highest BCUT2D eigenvalue weighted by atomic mass is 19.1. The normalized spacial score (nSPS) is 22.0. The van der Waals surface area contributed by atoms with Gasteiger partial charge < -0.3 is 24.8 Å². The number of hydrogen-bond acceptors (Lipinski definition) is 8. The van der Waals surface area contributed by atoms with E-state index in [1.54, 1.807) is 61.6 Å². The van der Waals surface area contributed by atoms with Crippen molar-refractivity contribution < 1.29 is 22.8 Å². The first-order valence-corrected chi connectivity index (χ1v) is 21.8. The van der Waals surface area contributed by atoms with Crippen LogP contribution < -0.4 is 16.4 Å². The minimum absolute atomic E-state index is 0.0244. The van der Waals surface area contributed by atoms with E-state index in [0.29, 0.717) is 71.0 Å². The Bertz CT molecular complexity index is 3100. The molecule has 3 aromatic carbocycles. The number of carbonyl (C=O) groups is 1. The molecule has 0 bridgehead atoms. The van der Waals surface area contributed by atoms with Gasteiger partial charge in [-0.25, -0.2) is 18.3 Å². The summed E-state index contributed by atoms with van der Waals surface area (Å²) in [5.74, 6) is -0.291. The summed E-state index contributed by atoms with van der Waals surface area (Å²) in [6.07, 6.45) is 4.28. The lowest BCUT2D eigenvalue weighted by Gasteiger charge is -2.35. The number of carbonyl (C=O) groups excluding carboxylic acids is 1. The zero-order valence-corrected chi connectivity index (χ0v) is 37.1. The summed E-state index contributed by atoms with van der Waals surface area (Å²) in [5, 5.41) is 21.3. The highest BCUT2D eigenvalue weighted by Gasteiger charge is 2.59. The Balaban J connectivity index is 1.07. The fraction of sp³-hybridized carbons (Fsp3) is 0.404. The number of nitrogens with zero attached hydrogens (tertiary/aromatic N) is 8. The van der Waals surface area contributed by atoms with Crippen LogP contribution in [0.15, 0.2) is 69.0 Å². The van der Waals surface area contributed by atoms with E-state index in [2.05, 4.69) is 74.4 Å². The van der Waals surface area contributed by atoms with Gasteiger partial charge in [0, 0.05) is 50.1 Å². The molecule has 2 fully saturated rings. The van der Waals surface area contributed by atoms with E-state index in [1.807, 2.05) is 17.9 Å². The molecule has 1 saturated heterocycles. The van der Waals surface area contributed by atoms with Gasteiger partial charge in [-0.3, -0.25) is 24.0 Å². The molecule has 4 atom stereocenters. The molecule has 0 radical (unpaired) electrons. The lowest BCUT2D eigenvalue weighted by atomic mass is 9.83. The van der Waals surface area contributed by atoms with Crippen LogP contribution in [0, 0.1) is 31.4 Å². The number of aliphatic imine (C=N–C) groups is 1. The van der Waals surface area contributed by atoms with Crippen molar-refractivity contribution in [3.8, 4) is 5.69 Å². The Hall–Kier alpha value is -6.62. The fourth-order valence-electron chi connectivity index (χ4n) is 10.3. The Morgan fingerprint density at radius 1 is 1.00 bits per heavy atom. The molecule has 1 amide bonds. The van der Waals surface area contributed by atoms with Gasteiger partial charge in [0.25, 0.3) is 5.91 Å². The molecular weight excluding hydrogens is 821 g/mol. The van der Waals surface area contributed by atoms with Crippen LogP contribution in [0.1, 0.15) is 103 Å². The van der Waals surface area contributed by atoms with Crippen LogP contribution in [0.2, 0.25) is 0 Å². The average molecular weight is 872 g/mol. The molecule has 1 saturated carbocycles. The highest BCUT2D eigenvalue weighted by molar-refractivity contribution is 6.05. The van der Waals surface area contributed by atoms with Crippen LogP contribution in [0.3, 0.4) is 0 Å². The second-order valence-electron chi connectivity index (χ2n) is 18.3. The van der Waals surface area contributed by atoms with Gasteiger partial charge in [-0.1, -0.05) is 18.1 Å². The van der Waals surface area contributed by atoms with Crippen molar-refractivity contribution in [2.45, 2.75) is 90.3 Å². The van der Waals surface area contributed by atoms with Gasteiger partial charge in [0.2, 0.25) is 5.96 Å². The molecule has 15 nitrogen and oxygen atoms in total. The van der Waals surface area contributed by atoms with E-state index in [0.717, 1.165) is 35.0 Å². The molecule has 1 aliphatic carbocycles. The molecule has 17 heteroatoms. The van der Waals surface area contributed by atoms with Crippen molar-refractivity contribution in [2.24, 2.45) is 18.0 Å². The van der Waals surface area contributed by atoms with E-state index in [-0.39, 0.29) is 40.8 Å². The van der Waals surface area contributed by atoms with Gasteiger partial charge in [0.05, 0.1) is 45.8 Å². The summed E-state index contributed by atoms with van der Waals surface area (Å²) in [6, 6.07) is 14.7. The third-order valence-electron chi connectivity index (χ3n) is 13.7. The van der Waals surface area contributed by atoms with Crippen LogP contribution in [-0.2, 0) is 23.7 Å². The highest BCUT2D eigenvalue weighted by Crippen LogP contribution is 2.56. The van der Waals surface area contributed by atoms with Crippen molar-refractivity contribution in [2.75, 3.05) is 30.8 Å². The number of halogens is 2. The Morgan fingerprint density at radius 3 is 2.44 bits per heavy atom. The number of fused-ring (bicyclic) bond motifs is 3. The summed E-state index contributed by atoms with van der Waals surface area (Å²) < 4.78 is 47.4. The Kier molecular flexibility index (Phi) is 9.70. The van der Waals surface area contributed by atoms with Crippen LogP contribution >= 0.6 is 0 Å². The Morgan fingerprint density at radius 2 is 1.75 bits per heavy atom. The van der Waals surface area contributed by atoms with Crippen LogP contribution in [0.4, 0.5) is 20.3 Å². The lowest BCUT2D eigenvalue weighted by molar-refractivity contribution is -0.0592. The number of H-pyrrole nitrogens is 1. The second-order valence-corrected chi connectivity index (χ2v) is 18.3. The smallest absolute Gasteiger partial charge is 0.376 e. The third kappa shape index (κ3) is 6.61. The van der Waals surface area contributed by atoms with Gasteiger partial charge >= 0.3 is 5.76 Å². The minimum atomic E-state index is -0.826. The van der Waals surface area contributed by atoms with Gasteiger partial charge in [0.15, 0.2) is 11.6 Å². The van der Waals surface area contributed by atoms with Gasteiger partial charge in [0.1, 0.15) is 22.9 Å². The monoisotopic (exact) mass is 871 g/mol. The molecule has 3 N–H and O–H groups in total. The molecule has 7 aromatic rings. The number of aryl methyl sites for hydroxylation is 3. The van der Waals surface area contributed by atoms with Gasteiger partial charge in [-0.05, 0) is 125 Å². The SMILES string of the molecule is CN=C(Nc1ccc2c(cnn2C)c1F)Nc1c2c(nn1-c1cc(C)c(F)c(C)c1)CCN(C(=O)c1cc3cc([C@H]4CCOC(C)(C)C4)ccc3n1[C@@]1(c3noc(=O)[nH]3)C[C@@H]1C)[C@H]2C. The molecule has 3 aliphatic rings. The third-order valence-corrected chi connectivity index (χ3v) is 13.7. The number of ether oxygens (including phenoxy) is 1. The zero-order valence-electron chi connectivity index (χ0n) is 37.1. The quantitative estimate of drug-likeness (QED) is 0.106. The van der Waals surface area contributed by atoms with E-state index in [4.69, 9.17) is 14.4 Å². The summed E-state index contributed by atoms with van der Waals surface area (Å²) in [5.41, 5.74) is 5.19. The first-order valence-electron chi connectivity index (χ1n) is 21.8.